The van der Waals surface area contributed by atoms with E-state index in [1.54, 1.807) is 24.3 Å². The van der Waals surface area contributed by atoms with Crippen molar-refractivity contribution in [3.8, 4) is 5.75 Å². The maximum absolute atomic E-state index is 13.5. The molecule has 180 valence electrons. The van der Waals surface area contributed by atoms with Crippen LogP contribution in [-0.4, -0.2) is 34.5 Å². The van der Waals surface area contributed by atoms with Gasteiger partial charge in [-0.15, -0.1) is 0 Å². The van der Waals surface area contributed by atoms with Crippen molar-refractivity contribution in [1.29, 1.82) is 0 Å². The summed E-state index contributed by atoms with van der Waals surface area (Å²) in [6.07, 6.45) is 1.75. The Morgan fingerprint density at radius 2 is 1.62 bits per heavy atom. The summed E-state index contributed by atoms with van der Waals surface area (Å²) in [5, 5.41) is 2.94. The number of sulfonamides is 1. The van der Waals surface area contributed by atoms with Crippen LogP contribution in [0.15, 0.2) is 83.8 Å². The molecule has 0 aliphatic heterocycles. The standard InChI is InChI=1S/C27H32N2O4S/c1-4-22(18-23-8-6-5-7-9-23)19-28-27(30)20-29(24-12-10-21(2)11-13-24)34(31,32)26-16-14-25(33-3)15-17-26/h5-17,22H,4,18-20H2,1-3H3,(H,28,30). The van der Waals surface area contributed by atoms with Crippen LogP contribution < -0.4 is 14.4 Å². The van der Waals surface area contributed by atoms with Crippen molar-refractivity contribution >= 4 is 21.6 Å². The Balaban J connectivity index is 1.77. The lowest BCUT2D eigenvalue weighted by Gasteiger charge is -2.25. The molecule has 0 spiro atoms. The molecule has 0 bridgehead atoms. The molecule has 1 N–H and O–H groups in total. The molecule has 0 aromatic heterocycles. The second-order valence-corrected chi connectivity index (χ2v) is 10.2. The first-order chi connectivity index (χ1) is 16.3. The summed E-state index contributed by atoms with van der Waals surface area (Å²) in [5.74, 6) is 0.476. The Morgan fingerprint density at radius 3 is 2.21 bits per heavy atom. The number of rotatable bonds is 11. The van der Waals surface area contributed by atoms with Gasteiger partial charge in [-0.25, -0.2) is 8.42 Å². The Kier molecular flexibility index (Phi) is 8.71. The number of anilines is 1. The van der Waals surface area contributed by atoms with Crippen LogP contribution in [-0.2, 0) is 21.2 Å². The van der Waals surface area contributed by atoms with E-state index in [1.807, 2.05) is 37.3 Å². The average Bonchev–Trinajstić information content (AvgIpc) is 2.86. The molecule has 6 nitrogen and oxygen atoms in total. The highest BCUT2D eigenvalue weighted by atomic mass is 32.2. The van der Waals surface area contributed by atoms with Crippen molar-refractivity contribution in [3.63, 3.8) is 0 Å². The summed E-state index contributed by atoms with van der Waals surface area (Å²) < 4.78 is 33.3. The molecular formula is C27H32N2O4S. The molecule has 1 unspecified atom stereocenters. The molecule has 7 heteroatoms. The maximum Gasteiger partial charge on any atom is 0.264 e. The molecule has 0 heterocycles. The van der Waals surface area contributed by atoms with Crippen molar-refractivity contribution < 1.29 is 17.9 Å². The second-order valence-electron chi connectivity index (χ2n) is 8.29. The average molecular weight is 481 g/mol. The van der Waals surface area contributed by atoms with Crippen molar-refractivity contribution in [2.75, 3.05) is 24.5 Å². The van der Waals surface area contributed by atoms with Crippen LogP contribution in [0.5, 0.6) is 5.75 Å². The number of hydrogen-bond acceptors (Lipinski definition) is 4. The zero-order valence-electron chi connectivity index (χ0n) is 19.9. The Labute approximate surface area is 202 Å². The monoisotopic (exact) mass is 480 g/mol. The van der Waals surface area contributed by atoms with Gasteiger partial charge in [0.2, 0.25) is 5.91 Å². The van der Waals surface area contributed by atoms with Crippen LogP contribution in [0, 0.1) is 12.8 Å². The van der Waals surface area contributed by atoms with E-state index < -0.39 is 10.0 Å². The van der Waals surface area contributed by atoms with Gasteiger partial charge in [-0.3, -0.25) is 9.10 Å². The van der Waals surface area contributed by atoms with Crippen LogP contribution in [0.4, 0.5) is 5.69 Å². The lowest BCUT2D eigenvalue weighted by Crippen LogP contribution is -2.42. The third kappa shape index (κ3) is 6.60. The number of amides is 1. The van der Waals surface area contributed by atoms with E-state index in [9.17, 15) is 13.2 Å². The number of hydrogen-bond donors (Lipinski definition) is 1. The van der Waals surface area contributed by atoms with Gasteiger partial charge in [0.05, 0.1) is 17.7 Å². The Morgan fingerprint density at radius 1 is 0.971 bits per heavy atom. The smallest absolute Gasteiger partial charge is 0.264 e. The van der Waals surface area contributed by atoms with Gasteiger partial charge >= 0.3 is 0 Å². The summed E-state index contributed by atoms with van der Waals surface area (Å²) in [6, 6.07) is 23.4. The van der Waals surface area contributed by atoms with Crippen molar-refractivity contribution in [1.82, 2.24) is 5.32 Å². The SMILES string of the molecule is CCC(CNC(=O)CN(c1ccc(C)cc1)S(=O)(=O)c1ccc(OC)cc1)Cc1ccccc1. The lowest BCUT2D eigenvalue weighted by molar-refractivity contribution is -0.119. The van der Waals surface area contributed by atoms with Crippen LogP contribution in [0.2, 0.25) is 0 Å². The number of carbonyl (C=O) groups excluding carboxylic acids is 1. The molecule has 0 saturated carbocycles. The molecule has 0 aliphatic rings. The minimum Gasteiger partial charge on any atom is -0.497 e. The predicted octanol–water partition coefficient (Wildman–Crippen LogP) is 4.58. The first kappa shape index (κ1) is 25.3. The van der Waals surface area contributed by atoms with Gasteiger partial charge in [-0.2, -0.15) is 0 Å². The number of benzene rings is 3. The van der Waals surface area contributed by atoms with E-state index in [2.05, 4.69) is 24.4 Å². The molecule has 1 amide bonds. The highest BCUT2D eigenvalue weighted by molar-refractivity contribution is 7.92. The van der Waals surface area contributed by atoms with E-state index >= 15 is 0 Å². The zero-order valence-corrected chi connectivity index (χ0v) is 20.7. The molecule has 0 aliphatic carbocycles. The number of methoxy groups -OCH3 is 1. The largest absolute Gasteiger partial charge is 0.497 e. The second kappa shape index (κ2) is 11.7. The van der Waals surface area contributed by atoms with E-state index in [4.69, 9.17) is 4.74 Å². The number of aryl methyl sites for hydroxylation is 1. The number of ether oxygens (including phenoxy) is 1. The minimum atomic E-state index is -3.96. The van der Waals surface area contributed by atoms with E-state index in [0.29, 0.717) is 18.0 Å². The van der Waals surface area contributed by atoms with Gasteiger partial charge in [0, 0.05) is 6.54 Å². The summed E-state index contributed by atoms with van der Waals surface area (Å²) in [5.41, 5.74) is 2.65. The summed E-state index contributed by atoms with van der Waals surface area (Å²) in [4.78, 5) is 13.0. The molecular weight excluding hydrogens is 448 g/mol. The van der Waals surface area contributed by atoms with Crippen molar-refractivity contribution in [2.24, 2.45) is 5.92 Å². The van der Waals surface area contributed by atoms with Crippen molar-refractivity contribution in [3.05, 3.63) is 90.0 Å². The van der Waals surface area contributed by atoms with Gasteiger partial charge in [-0.05, 0) is 61.2 Å². The van der Waals surface area contributed by atoms with Crippen molar-refractivity contribution in [2.45, 2.75) is 31.6 Å². The van der Waals surface area contributed by atoms with Gasteiger partial charge in [-0.1, -0.05) is 61.4 Å². The van der Waals surface area contributed by atoms with Crippen LogP contribution in [0.25, 0.3) is 0 Å². The summed E-state index contributed by atoms with van der Waals surface area (Å²) in [6.45, 7) is 4.19. The zero-order chi connectivity index (χ0) is 24.6. The van der Waals surface area contributed by atoms with Gasteiger partial charge in [0.1, 0.15) is 12.3 Å². The van der Waals surface area contributed by atoms with Crippen LogP contribution >= 0.6 is 0 Å². The number of nitrogens with zero attached hydrogens (tertiary/aromatic N) is 1. The third-order valence-electron chi connectivity index (χ3n) is 5.79. The highest BCUT2D eigenvalue weighted by Gasteiger charge is 2.27. The van der Waals surface area contributed by atoms with E-state index in [0.717, 1.165) is 22.7 Å². The Bertz CT molecular complexity index is 1160. The molecule has 0 fully saturated rings. The molecule has 0 radical (unpaired) electrons. The summed E-state index contributed by atoms with van der Waals surface area (Å²) in [7, 11) is -2.44. The minimum absolute atomic E-state index is 0.0946. The first-order valence-electron chi connectivity index (χ1n) is 11.4. The lowest BCUT2D eigenvalue weighted by atomic mass is 9.97. The normalized spacial score (nSPS) is 12.1. The molecule has 3 aromatic rings. The van der Waals surface area contributed by atoms with Gasteiger partial charge < -0.3 is 10.1 Å². The fourth-order valence-electron chi connectivity index (χ4n) is 3.65. The van der Waals surface area contributed by atoms with Crippen LogP contribution in [0.1, 0.15) is 24.5 Å². The predicted molar refractivity (Wildman–Crippen MR) is 136 cm³/mol. The number of nitrogens with one attached hydrogen (secondary N) is 1. The fourth-order valence-corrected chi connectivity index (χ4v) is 5.07. The topological polar surface area (TPSA) is 75.7 Å². The van der Waals surface area contributed by atoms with Crippen LogP contribution in [0.3, 0.4) is 0 Å². The number of carbonyl (C=O) groups is 1. The fraction of sp³-hybridized carbons (Fsp3) is 0.296. The Hall–Kier alpha value is -3.32. The third-order valence-corrected chi connectivity index (χ3v) is 7.58. The maximum atomic E-state index is 13.5. The molecule has 34 heavy (non-hydrogen) atoms. The first-order valence-corrected chi connectivity index (χ1v) is 12.8. The quantitative estimate of drug-likeness (QED) is 0.436. The van der Waals surface area contributed by atoms with Gasteiger partial charge in [0.25, 0.3) is 10.0 Å². The molecule has 3 rings (SSSR count). The van der Waals surface area contributed by atoms with E-state index in [-0.39, 0.29) is 23.3 Å². The summed E-state index contributed by atoms with van der Waals surface area (Å²) >= 11 is 0. The van der Waals surface area contributed by atoms with Gasteiger partial charge in [0.15, 0.2) is 0 Å². The highest BCUT2D eigenvalue weighted by Crippen LogP contribution is 2.25. The molecule has 3 aromatic carbocycles. The molecule has 0 saturated heterocycles. The van der Waals surface area contributed by atoms with E-state index in [1.165, 1.54) is 24.8 Å². The molecule has 1 atom stereocenters.